The SMILES string of the molecule is CC(CCCN)Nc1ccnc(N(C)C)n1. The molecule has 5 heteroatoms. The topological polar surface area (TPSA) is 67.1 Å². The zero-order valence-corrected chi connectivity index (χ0v) is 10.3. The molecule has 0 fully saturated rings. The number of aromatic nitrogens is 2. The Morgan fingerprint density at radius 3 is 2.88 bits per heavy atom. The zero-order chi connectivity index (χ0) is 12.0. The Morgan fingerprint density at radius 2 is 2.25 bits per heavy atom. The molecule has 0 aliphatic rings. The number of nitrogens with two attached hydrogens (primary N) is 1. The summed E-state index contributed by atoms with van der Waals surface area (Å²) in [7, 11) is 3.86. The summed E-state index contributed by atoms with van der Waals surface area (Å²) >= 11 is 0. The fraction of sp³-hybridized carbons (Fsp3) is 0.636. The van der Waals surface area contributed by atoms with Gasteiger partial charge in [-0.1, -0.05) is 0 Å². The van der Waals surface area contributed by atoms with Crippen LogP contribution in [0.3, 0.4) is 0 Å². The highest BCUT2D eigenvalue weighted by atomic mass is 15.2. The largest absolute Gasteiger partial charge is 0.367 e. The molecule has 1 unspecified atom stereocenters. The van der Waals surface area contributed by atoms with Crippen LogP contribution in [0.15, 0.2) is 12.3 Å². The number of hydrogen-bond donors (Lipinski definition) is 2. The number of nitrogens with zero attached hydrogens (tertiary/aromatic N) is 3. The first kappa shape index (κ1) is 12.7. The Bertz CT molecular complexity index is 313. The third-order valence-corrected chi connectivity index (χ3v) is 2.28. The van der Waals surface area contributed by atoms with Crippen LogP contribution >= 0.6 is 0 Å². The highest BCUT2D eigenvalue weighted by Crippen LogP contribution is 2.10. The molecule has 1 aromatic rings. The summed E-state index contributed by atoms with van der Waals surface area (Å²) in [5, 5.41) is 3.34. The molecule has 5 nitrogen and oxygen atoms in total. The summed E-state index contributed by atoms with van der Waals surface area (Å²) < 4.78 is 0. The van der Waals surface area contributed by atoms with E-state index < -0.39 is 0 Å². The fourth-order valence-electron chi connectivity index (χ4n) is 1.39. The molecule has 1 aromatic heterocycles. The van der Waals surface area contributed by atoms with E-state index >= 15 is 0 Å². The highest BCUT2D eigenvalue weighted by Gasteiger charge is 2.04. The van der Waals surface area contributed by atoms with Gasteiger partial charge in [0.2, 0.25) is 5.95 Å². The third-order valence-electron chi connectivity index (χ3n) is 2.28. The summed E-state index contributed by atoms with van der Waals surface area (Å²) in [6.45, 7) is 2.87. The summed E-state index contributed by atoms with van der Waals surface area (Å²) in [4.78, 5) is 10.4. The van der Waals surface area contributed by atoms with Gasteiger partial charge in [0.15, 0.2) is 0 Å². The second-order valence-electron chi connectivity index (χ2n) is 4.11. The Labute approximate surface area is 97.1 Å². The fourth-order valence-corrected chi connectivity index (χ4v) is 1.39. The average Bonchev–Trinajstić information content (AvgIpc) is 2.26. The van der Waals surface area contributed by atoms with E-state index in [9.17, 15) is 0 Å². The lowest BCUT2D eigenvalue weighted by Crippen LogP contribution is -2.19. The van der Waals surface area contributed by atoms with Gasteiger partial charge < -0.3 is 16.0 Å². The van der Waals surface area contributed by atoms with E-state index in [1.807, 2.05) is 25.1 Å². The van der Waals surface area contributed by atoms with Crippen LogP contribution in [0.4, 0.5) is 11.8 Å². The van der Waals surface area contributed by atoms with Crippen molar-refractivity contribution in [2.45, 2.75) is 25.8 Å². The van der Waals surface area contributed by atoms with Crippen LogP contribution in [-0.4, -0.2) is 36.6 Å². The van der Waals surface area contributed by atoms with Crippen LogP contribution in [0.2, 0.25) is 0 Å². The summed E-state index contributed by atoms with van der Waals surface area (Å²) in [6, 6.07) is 2.26. The predicted octanol–water partition coefficient (Wildman–Crippen LogP) is 1.08. The van der Waals surface area contributed by atoms with Crippen molar-refractivity contribution < 1.29 is 0 Å². The molecule has 0 aliphatic carbocycles. The molecule has 16 heavy (non-hydrogen) atoms. The molecular weight excluding hydrogens is 202 g/mol. The monoisotopic (exact) mass is 223 g/mol. The smallest absolute Gasteiger partial charge is 0.226 e. The van der Waals surface area contributed by atoms with Crippen LogP contribution in [0.1, 0.15) is 19.8 Å². The normalized spacial score (nSPS) is 12.2. The first-order valence-electron chi connectivity index (χ1n) is 5.60. The maximum Gasteiger partial charge on any atom is 0.226 e. The van der Waals surface area contributed by atoms with Crippen molar-refractivity contribution in [2.24, 2.45) is 5.73 Å². The Hall–Kier alpha value is -1.36. The second-order valence-corrected chi connectivity index (χ2v) is 4.11. The molecule has 1 heterocycles. The van der Waals surface area contributed by atoms with Crippen LogP contribution in [0.25, 0.3) is 0 Å². The van der Waals surface area contributed by atoms with E-state index in [0.717, 1.165) is 31.2 Å². The zero-order valence-electron chi connectivity index (χ0n) is 10.3. The molecule has 0 amide bonds. The number of nitrogens with one attached hydrogen (secondary N) is 1. The lowest BCUT2D eigenvalue weighted by atomic mass is 10.2. The first-order valence-corrected chi connectivity index (χ1v) is 5.60. The quantitative estimate of drug-likeness (QED) is 0.755. The van der Waals surface area contributed by atoms with E-state index in [2.05, 4.69) is 22.2 Å². The predicted molar refractivity (Wildman–Crippen MR) is 67.7 cm³/mol. The lowest BCUT2D eigenvalue weighted by molar-refractivity contribution is 0.660. The van der Waals surface area contributed by atoms with Gasteiger partial charge in [-0.2, -0.15) is 4.98 Å². The van der Waals surface area contributed by atoms with Gasteiger partial charge in [-0.15, -0.1) is 0 Å². The minimum atomic E-state index is 0.383. The van der Waals surface area contributed by atoms with E-state index in [4.69, 9.17) is 5.73 Å². The molecule has 0 radical (unpaired) electrons. The van der Waals surface area contributed by atoms with E-state index in [1.165, 1.54) is 0 Å². The Morgan fingerprint density at radius 1 is 1.50 bits per heavy atom. The van der Waals surface area contributed by atoms with Gasteiger partial charge in [-0.3, -0.25) is 0 Å². The van der Waals surface area contributed by atoms with Gasteiger partial charge in [0.25, 0.3) is 0 Å². The first-order chi connectivity index (χ1) is 7.63. The van der Waals surface area contributed by atoms with Crippen molar-refractivity contribution in [3.63, 3.8) is 0 Å². The van der Waals surface area contributed by atoms with Gasteiger partial charge in [0.05, 0.1) is 0 Å². The molecule has 90 valence electrons. The van der Waals surface area contributed by atoms with Crippen molar-refractivity contribution >= 4 is 11.8 Å². The number of anilines is 2. The van der Waals surface area contributed by atoms with Crippen LogP contribution in [0.5, 0.6) is 0 Å². The van der Waals surface area contributed by atoms with Gasteiger partial charge in [0.1, 0.15) is 5.82 Å². The Kier molecular flexibility index (Phi) is 4.98. The maximum atomic E-state index is 5.47. The van der Waals surface area contributed by atoms with Gasteiger partial charge in [-0.25, -0.2) is 4.98 Å². The highest BCUT2D eigenvalue weighted by molar-refractivity contribution is 5.40. The van der Waals surface area contributed by atoms with E-state index in [-0.39, 0.29) is 0 Å². The second kappa shape index (κ2) is 6.27. The van der Waals surface area contributed by atoms with Gasteiger partial charge in [0, 0.05) is 26.3 Å². The molecule has 1 rings (SSSR count). The van der Waals surface area contributed by atoms with Crippen LogP contribution in [-0.2, 0) is 0 Å². The maximum absolute atomic E-state index is 5.47. The Balaban J connectivity index is 2.56. The van der Waals surface area contributed by atoms with E-state index in [1.54, 1.807) is 6.20 Å². The minimum Gasteiger partial charge on any atom is -0.367 e. The minimum absolute atomic E-state index is 0.383. The molecule has 0 aromatic carbocycles. The van der Waals surface area contributed by atoms with E-state index in [0.29, 0.717) is 6.04 Å². The molecule has 0 bridgehead atoms. The van der Waals surface area contributed by atoms with Crippen LogP contribution < -0.4 is 16.0 Å². The third kappa shape index (κ3) is 4.02. The van der Waals surface area contributed by atoms with Crippen LogP contribution in [0, 0.1) is 0 Å². The molecule has 0 aliphatic heterocycles. The van der Waals surface area contributed by atoms with Crippen molar-refractivity contribution in [3.8, 4) is 0 Å². The average molecular weight is 223 g/mol. The standard InChI is InChI=1S/C11H21N5/c1-9(5-4-7-12)14-10-6-8-13-11(15-10)16(2)3/h6,8-9H,4-5,7,12H2,1-3H3,(H,13,14,15). The molecule has 3 N–H and O–H groups in total. The summed E-state index contributed by atoms with van der Waals surface area (Å²) in [6.07, 6.45) is 3.85. The van der Waals surface area contributed by atoms with Gasteiger partial charge in [-0.05, 0) is 32.4 Å². The molecule has 0 saturated carbocycles. The molecule has 1 atom stereocenters. The number of hydrogen-bond acceptors (Lipinski definition) is 5. The summed E-state index contributed by atoms with van der Waals surface area (Å²) in [5.41, 5.74) is 5.47. The van der Waals surface area contributed by atoms with Crippen molar-refractivity contribution in [1.29, 1.82) is 0 Å². The van der Waals surface area contributed by atoms with Gasteiger partial charge >= 0.3 is 0 Å². The summed E-state index contributed by atoms with van der Waals surface area (Å²) in [5.74, 6) is 1.58. The van der Waals surface area contributed by atoms with Crippen molar-refractivity contribution in [3.05, 3.63) is 12.3 Å². The molecule has 0 saturated heterocycles. The van der Waals surface area contributed by atoms with Crippen molar-refractivity contribution in [1.82, 2.24) is 9.97 Å². The molecular formula is C11H21N5. The lowest BCUT2D eigenvalue weighted by Gasteiger charge is -2.16. The van der Waals surface area contributed by atoms with Crippen molar-refractivity contribution in [2.75, 3.05) is 30.9 Å². The number of rotatable bonds is 6. The molecule has 0 spiro atoms.